The van der Waals surface area contributed by atoms with Gasteiger partial charge in [-0.05, 0) is 49.2 Å². The second-order valence-electron chi connectivity index (χ2n) is 6.64. The van der Waals surface area contributed by atoms with Crippen LogP contribution in [0, 0.1) is 5.82 Å². The van der Waals surface area contributed by atoms with E-state index >= 15 is 0 Å². The van der Waals surface area contributed by atoms with Crippen LogP contribution in [0.4, 0.5) is 4.39 Å². The van der Waals surface area contributed by atoms with Gasteiger partial charge in [-0.3, -0.25) is 0 Å². The van der Waals surface area contributed by atoms with Crippen molar-refractivity contribution in [1.29, 1.82) is 0 Å². The number of hydrogen-bond donors (Lipinski definition) is 1. The zero-order valence-corrected chi connectivity index (χ0v) is 14.4. The minimum atomic E-state index is -0.287. The molecule has 0 saturated carbocycles. The third-order valence-electron chi connectivity index (χ3n) is 4.79. The largest absolute Gasteiger partial charge is 0.350 e. The number of rotatable bonds is 4. The highest BCUT2D eigenvalue weighted by atomic mass is 19.1. The molecule has 0 radical (unpaired) electrons. The molecular weight excluding hydrogens is 331 g/mol. The lowest BCUT2D eigenvalue weighted by molar-refractivity contribution is 0.439. The Kier molecular flexibility index (Phi) is 4.67. The summed E-state index contributed by atoms with van der Waals surface area (Å²) >= 11 is 0. The summed E-state index contributed by atoms with van der Waals surface area (Å²) in [7, 11) is 0. The molecule has 4 rings (SSSR count). The summed E-state index contributed by atoms with van der Waals surface area (Å²) < 4.78 is 16.3. The molecule has 5 nitrogen and oxygen atoms in total. The standard InChI is InChI=1S/C20H21FN4O/c21-17-10-8-15(9-11-17)14-24-20(26)25(18-6-2-1-3-7-18)19(23-24)16-5-4-12-22-13-16/h1-3,6-11,16,22H,4-5,12-14H2/t16-/m0/s1. The maximum Gasteiger partial charge on any atom is 0.350 e. The van der Waals surface area contributed by atoms with Crippen LogP contribution >= 0.6 is 0 Å². The number of benzene rings is 2. The first kappa shape index (κ1) is 16.7. The van der Waals surface area contributed by atoms with E-state index in [0.717, 1.165) is 43.0 Å². The maximum atomic E-state index is 13.1. The van der Waals surface area contributed by atoms with Crippen molar-refractivity contribution in [2.45, 2.75) is 25.3 Å². The number of para-hydroxylation sites is 1. The van der Waals surface area contributed by atoms with E-state index in [1.807, 2.05) is 30.3 Å². The topological polar surface area (TPSA) is 51.9 Å². The molecule has 1 atom stereocenters. The van der Waals surface area contributed by atoms with Crippen LogP contribution in [0.1, 0.15) is 30.1 Å². The SMILES string of the molecule is O=c1n(Cc2ccc(F)cc2)nc([C@H]2CCCNC2)n1-c1ccccc1. The molecule has 134 valence electrons. The van der Waals surface area contributed by atoms with E-state index in [0.29, 0.717) is 6.54 Å². The van der Waals surface area contributed by atoms with Crippen LogP contribution in [0.3, 0.4) is 0 Å². The molecule has 0 unspecified atom stereocenters. The molecule has 2 heterocycles. The van der Waals surface area contributed by atoms with Gasteiger partial charge in [0.1, 0.15) is 11.6 Å². The summed E-state index contributed by atoms with van der Waals surface area (Å²) in [4.78, 5) is 13.1. The van der Waals surface area contributed by atoms with Crippen molar-refractivity contribution in [3.63, 3.8) is 0 Å². The van der Waals surface area contributed by atoms with Crippen LogP contribution in [0.15, 0.2) is 59.4 Å². The molecule has 0 bridgehead atoms. The second kappa shape index (κ2) is 7.25. The fourth-order valence-electron chi connectivity index (χ4n) is 3.45. The number of piperidine rings is 1. The van der Waals surface area contributed by atoms with Crippen molar-refractivity contribution in [3.05, 3.63) is 82.3 Å². The lowest BCUT2D eigenvalue weighted by Crippen LogP contribution is -2.31. The van der Waals surface area contributed by atoms with Gasteiger partial charge in [0, 0.05) is 12.5 Å². The maximum absolute atomic E-state index is 13.1. The van der Waals surface area contributed by atoms with E-state index in [1.54, 1.807) is 16.7 Å². The summed E-state index contributed by atoms with van der Waals surface area (Å²) in [6.45, 7) is 2.15. The zero-order valence-electron chi connectivity index (χ0n) is 14.4. The summed E-state index contributed by atoms with van der Waals surface area (Å²) in [6.07, 6.45) is 2.07. The summed E-state index contributed by atoms with van der Waals surface area (Å²) in [5.41, 5.74) is 1.50. The fraction of sp³-hybridized carbons (Fsp3) is 0.300. The van der Waals surface area contributed by atoms with Crippen LogP contribution in [0.5, 0.6) is 0 Å². The van der Waals surface area contributed by atoms with Gasteiger partial charge < -0.3 is 5.32 Å². The Morgan fingerprint density at radius 1 is 1.12 bits per heavy atom. The predicted octanol–water partition coefficient (Wildman–Crippen LogP) is 2.69. The van der Waals surface area contributed by atoms with Gasteiger partial charge >= 0.3 is 5.69 Å². The minimum absolute atomic E-state index is 0.166. The van der Waals surface area contributed by atoms with Gasteiger partial charge in [0.25, 0.3) is 0 Å². The predicted molar refractivity (Wildman–Crippen MR) is 98.2 cm³/mol. The third kappa shape index (κ3) is 3.32. The summed E-state index contributed by atoms with van der Waals surface area (Å²) in [5.74, 6) is 0.700. The monoisotopic (exact) mass is 352 g/mol. The Bertz CT molecular complexity index is 925. The fourth-order valence-corrected chi connectivity index (χ4v) is 3.45. The Morgan fingerprint density at radius 3 is 2.58 bits per heavy atom. The van der Waals surface area contributed by atoms with Crippen LogP contribution in [0.2, 0.25) is 0 Å². The molecule has 1 aromatic heterocycles. The zero-order chi connectivity index (χ0) is 17.9. The van der Waals surface area contributed by atoms with Crippen molar-refractivity contribution in [2.75, 3.05) is 13.1 Å². The van der Waals surface area contributed by atoms with Gasteiger partial charge in [0.05, 0.1) is 12.2 Å². The molecule has 1 fully saturated rings. The highest BCUT2D eigenvalue weighted by Crippen LogP contribution is 2.23. The highest BCUT2D eigenvalue weighted by molar-refractivity contribution is 5.33. The molecule has 26 heavy (non-hydrogen) atoms. The number of halogens is 1. The number of nitrogens with zero attached hydrogens (tertiary/aromatic N) is 3. The minimum Gasteiger partial charge on any atom is -0.316 e. The van der Waals surface area contributed by atoms with Crippen LogP contribution in [-0.2, 0) is 6.54 Å². The average molecular weight is 352 g/mol. The van der Waals surface area contributed by atoms with Crippen molar-refractivity contribution in [1.82, 2.24) is 19.7 Å². The van der Waals surface area contributed by atoms with E-state index in [9.17, 15) is 9.18 Å². The van der Waals surface area contributed by atoms with Crippen LogP contribution in [-0.4, -0.2) is 27.4 Å². The highest BCUT2D eigenvalue weighted by Gasteiger charge is 2.24. The first-order valence-corrected chi connectivity index (χ1v) is 8.93. The quantitative estimate of drug-likeness (QED) is 0.785. The van der Waals surface area contributed by atoms with Crippen LogP contribution < -0.4 is 11.0 Å². The summed E-state index contributed by atoms with van der Waals surface area (Å²) in [6, 6.07) is 15.8. The Morgan fingerprint density at radius 2 is 1.88 bits per heavy atom. The lowest BCUT2D eigenvalue weighted by atomic mass is 9.99. The number of nitrogens with one attached hydrogen (secondary N) is 1. The van der Waals surface area contributed by atoms with Crippen LogP contribution in [0.25, 0.3) is 5.69 Å². The number of aromatic nitrogens is 3. The van der Waals surface area contributed by atoms with Crippen molar-refractivity contribution < 1.29 is 4.39 Å². The van der Waals surface area contributed by atoms with E-state index < -0.39 is 0 Å². The third-order valence-corrected chi connectivity index (χ3v) is 4.79. The Balaban J connectivity index is 1.76. The van der Waals surface area contributed by atoms with Gasteiger partial charge in [-0.1, -0.05) is 30.3 Å². The molecule has 1 aliphatic rings. The van der Waals surface area contributed by atoms with E-state index in [2.05, 4.69) is 10.4 Å². The normalized spacial score (nSPS) is 17.3. The van der Waals surface area contributed by atoms with Crippen molar-refractivity contribution in [3.8, 4) is 5.69 Å². The first-order valence-electron chi connectivity index (χ1n) is 8.93. The van der Waals surface area contributed by atoms with E-state index in [1.165, 1.54) is 16.8 Å². The van der Waals surface area contributed by atoms with Crippen molar-refractivity contribution >= 4 is 0 Å². The molecule has 0 spiro atoms. The van der Waals surface area contributed by atoms with Gasteiger partial charge in [0.2, 0.25) is 0 Å². The molecule has 1 saturated heterocycles. The molecule has 1 N–H and O–H groups in total. The van der Waals surface area contributed by atoms with E-state index in [4.69, 9.17) is 0 Å². The van der Waals surface area contributed by atoms with Gasteiger partial charge in [-0.25, -0.2) is 18.4 Å². The Hall–Kier alpha value is -2.73. The van der Waals surface area contributed by atoms with Crippen molar-refractivity contribution in [2.24, 2.45) is 0 Å². The molecule has 0 aliphatic carbocycles. The van der Waals surface area contributed by atoms with Gasteiger partial charge in [-0.15, -0.1) is 0 Å². The van der Waals surface area contributed by atoms with Gasteiger partial charge in [-0.2, -0.15) is 5.10 Å². The molecule has 1 aliphatic heterocycles. The lowest BCUT2D eigenvalue weighted by Gasteiger charge is -2.22. The smallest absolute Gasteiger partial charge is 0.316 e. The second-order valence-corrected chi connectivity index (χ2v) is 6.64. The molecule has 0 amide bonds. The number of hydrogen-bond acceptors (Lipinski definition) is 3. The Labute approximate surface area is 151 Å². The van der Waals surface area contributed by atoms with Gasteiger partial charge in [0.15, 0.2) is 0 Å². The molecule has 6 heteroatoms. The molecule has 3 aromatic rings. The average Bonchev–Trinajstić information content (AvgIpc) is 3.01. The summed E-state index contributed by atoms with van der Waals surface area (Å²) in [5, 5.41) is 8.05. The van der Waals surface area contributed by atoms with E-state index in [-0.39, 0.29) is 17.4 Å². The molecule has 2 aromatic carbocycles. The first-order chi connectivity index (χ1) is 12.7. The molecular formula is C20H21FN4O.